The molecule has 5 nitrogen and oxygen atoms in total. The highest BCUT2D eigenvalue weighted by atomic mass is 35.5. The molecule has 4 rings (SSSR count). The molecule has 1 heterocycles. The topological polar surface area (TPSA) is 58.6 Å². The van der Waals surface area contributed by atoms with Crippen LogP contribution in [-0.4, -0.2) is 30.0 Å². The Morgan fingerprint density at radius 1 is 0.943 bits per heavy atom. The SMILES string of the molecule is O=C(NCc1ccccc1Cl)OC1(c2ccccc2)CCN(C(=O)CCc2ccc(F)cc2)CC1. The van der Waals surface area contributed by atoms with Gasteiger partial charge in [-0.15, -0.1) is 0 Å². The van der Waals surface area contributed by atoms with Gasteiger partial charge < -0.3 is 15.0 Å². The van der Waals surface area contributed by atoms with E-state index < -0.39 is 11.7 Å². The summed E-state index contributed by atoms with van der Waals surface area (Å²) >= 11 is 6.19. The van der Waals surface area contributed by atoms with Gasteiger partial charge in [0.15, 0.2) is 0 Å². The Labute approximate surface area is 209 Å². The van der Waals surface area contributed by atoms with Crippen LogP contribution in [0.5, 0.6) is 0 Å². The van der Waals surface area contributed by atoms with Gasteiger partial charge in [0.2, 0.25) is 5.91 Å². The van der Waals surface area contributed by atoms with Gasteiger partial charge in [-0.05, 0) is 41.3 Å². The third-order valence-corrected chi connectivity index (χ3v) is 6.80. The highest BCUT2D eigenvalue weighted by Gasteiger charge is 2.40. The lowest BCUT2D eigenvalue weighted by Gasteiger charge is -2.41. The van der Waals surface area contributed by atoms with Crippen molar-refractivity contribution in [3.63, 3.8) is 0 Å². The number of amides is 2. The van der Waals surface area contributed by atoms with Gasteiger partial charge in [-0.25, -0.2) is 9.18 Å². The van der Waals surface area contributed by atoms with Gasteiger partial charge in [-0.3, -0.25) is 4.79 Å². The molecular formula is C28H28ClFN2O3. The van der Waals surface area contributed by atoms with Gasteiger partial charge in [-0.1, -0.05) is 72.3 Å². The van der Waals surface area contributed by atoms with Crippen LogP contribution in [0.15, 0.2) is 78.9 Å². The van der Waals surface area contributed by atoms with E-state index in [1.54, 1.807) is 18.2 Å². The van der Waals surface area contributed by atoms with Crippen molar-refractivity contribution < 1.29 is 18.7 Å². The van der Waals surface area contributed by atoms with Gasteiger partial charge in [0.1, 0.15) is 11.4 Å². The van der Waals surface area contributed by atoms with E-state index in [2.05, 4.69) is 5.32 Å². The molecular weight excluding hydrogens is 467 g/mol. The minimum atomic E-state index is -0.820. The number of hydrogen-bond acceptors (Lipinski definition) is 3. The van der Waals surface area contributed by atoms with Crippen LogP contribution in [0, 0.1) is 5.82 Å². The van der Waals surface area contributed by atoms with Gasteiger partial charge in [-0.2, -0.15) is 0 Å². The maximum Gasteiger partial charge on any atom is 0.408 e. The van der Waals surface area contributed by atoms with Crippen LogP contribution in [0.25, 0.3) is 0 Å². The van der Waals surface area contributed by atoms with Crippen LogP contribution in [0.1, 0.15) is 36.0 Å². The number of benzene rings is 3. The Balaban J connectivity index is 1.38. The fraction of sp³-hybridized carbons (Fsp3) is 0.286. The summed E-state index contributed by atoms with van der Waals surface area (Å²) in [6.07, 6.45) is 1.38. The number of halogens is 2. The average Bonchev–Trinajstić information content (AvgIpc) is 2.88. The molecule has 1 saturated heterocycles. The van der Waals surface area contributed by atoms with Crippen molar-refractivity contribution in [1.82, 2.24) is 10.2 Å². The first-order valence-electron chi connectivity index (χ1n) is 11.7. The molecule has 3 aromatic rings. The highest BCUT2D eigenvalue weighted by Crippen LogP contribution is 2.37. The minimum absolute atomic E-state index is 0.0409. The summed E-state index contributed by atoms with van der Waals surface area (Å²) in [6, 6.07) is 23.2. The third kappa shape index (κ3) is 6.40. The monoisotopic (exact) mass is 494 g/mol. The van der Waals surface area contributed by atoms with Crippen molar-refractivity contribution in [3.8, 4) is 0 Å². The summed E-state index contributed by atoms with van der Waals surface area (Å²) in [5, 5.41) is 3.39. The zero-order chi connectivity index (χ0) is 24.7. The van der Waals surface area contributed by atoms with E-state index in [0.717, 1.165) is 16.7 Å². The lowest BCUT2D eigenvalue weighted by atomic mass is 9.84. The number of ether oxygens (including phenoxy) is 1. The molecule has 35 heavy (non-hydrogen) atoms. The molecule has 1 fully saturated rings. The lowest BCUT2D eigenvalue weighted by Crippen LogP contribution is -2.48. The second kappa shape index (κ2) is 11.4. The number of nitrogens with one attached hydrogen (secondary N) is 1. The standard InChI is InChI=1S/C28H28ClFN2O3/c29-25-9-5-4-6-22(25)20-31-27(34)35-28(23-7-2-1-3-8-23)16-18-32(19-17-28)26(33)15-12-21-10-13-24(30)14-11-21/h1-11,13-14H,12,15-20H2,(H,31,34). The number of alkyl carbamates (subject to hydrolysis) is 1. The largest absolute Gasteiger partial charge is 0.438 e. The predicted octanol–water partition coefficient (Wildman–Crippen LogP) is 5.86. The van der Waals surface area contributed by atoms with E-state index in [9.17, 15) is 14.0 Å². The van der Waals surface area contributed by atoms with Crippen LogP contribution in [0.3, 0.4) is 0 Å². The zero-order valence-corrected chi connectivity index (χ0v) is 20.1. The number of rotatable bonds is 7. The van der Waals surface area contributed by atoms with E-state index in [0.29, 0.717) is 43.8 Å². The second-order valence-corrected chi connectivity index (χ2v) is 9.11. The maximum absolute atomic E-state index is 13.1. The van der Waals surface area contributed by atoms with Crippen molar-refractivity contribution in [1.29, 1.82) is 0 Å². The number of carbonyl (C=O) groups is 2. The molecule has 0 spiro atoms. The van der Waals surface area contributed by atoms with E-state index in [4.69, 9.17) is 16.3 Å². The first-order valence-corrected chi connectivity index (χ1v) is 12.1. The van der Waals surface area contributed by atoms with Gasteiger partial charge >= 0.3 is 6.09 Å². The number of nitrogens with zero attached hydrogens (tertiary/aromatic N) is 1. The van der Waals surface area contributed by atoms with Crippen LogP contribution in [0.2, 0.25) is 5.02 Å². The molecule has 7 heteroatoms. The van der Waals surface area contributed by atoms with Gasteiger partial charge in [0.05, 0.1) is 0 Å². The highest BCUT2D eigenvalue weighted by molar-refractivity contribution is 6.31. The quantitative estimate of drug-likeness (QED) is 0.448. The molecule has 1 N–H and O–H groups in total. The van der Waals surface area contributed by atoms with E-state index in [1.165, 1.54) is 12.1 Å². The van der Waals surface area contributed by atoms with Crippen molar-refractivity contribution in [2.75, 3.05) is 13.1 Å². The summed E-state index contributed by atoms with van der Waals surface area (Å²) in [5.74, 6) is -0.247. The molecule has 0 bridgehead atoms. The Bertz CT molecular complexity index is 1150. The van der Waals surface area contributed by atoms with E-state index in [-0.39, 0.29) is 18.3 Å². The number of likely N-dealkylation sites (tertiary alicyclic amines) is 1. The maximum atomic E-state index is 13.1. The summed E-state index contributed by atoms with van der Waals surface area (Å²) in [4.78, 5) is 27.4. The molecule has 1 aliphatic heterocycles. The molecule has 1 aliphatic rings. The molecule has 2 amide bonds. The fourth-order valence-corrected chi connectivity index (χ4v) is 4.59. The summed E-state index contributed by atoms with van der Waals surface area (Å²) in [7, 11) is 0. The Morgan fingerprint density at radius 3 is 2.29 bits per heavy atom. The predicted molar refractivity (Wildman–Crippen MR) is 133 cm³/mol. The molecule has 0 unspecified atom stereocenters. The van der Waals surface area contributed by atoms with Gasteiger partial charge in [0.25, 0.3) is 0 Å². The van der Waals surface area contributed by atoms with Gasteiger partial charge in [0, 0.05) is 43.9 Å². The van der Waals surface area contributed by atoms with Crippen LogP contribution in [-0.2, 0) is 28.1 Å². The lowest BCUT2D eigenvalue weighted by molar-refractivity contribution is -0.135. The Morgan fingerprint density at radius 2 is 1.60 bits per heavy atom. The van der Waals surface area contributed by atoms with E-state index >= 15 is 0 Å². The third-order valence-electron chi connectivity index (χ3n) is 6.43. The Kier molecular flexibility index (Phi) is 8.03. The molecule has 0 atom stereocenters. The van der Waals surface area contributed by atoms with E-state index in [1.807, 2.05) is 53.4 Å². The van der Waals surface area contributed by atoms with Crippen molar-refractivity contribution in [2.24, 2.45) is 0 Å². The molecule has 0 radical (unpaired) electrons. The molecule has 0 saturated carbocycles. The number of hydrogen-bond donors (Lipinski definition) is 1. The first kappa shape index (κ1) is 24.7. The first-order chi connectivity index (χ1) is 16.9. The Hall–Kier alpha value is -3.38. The van der Waals surface area contributed by atoms with Crippen LogP contribution < -0.4 is 5.32 Å². The molecule has 3 aromatic carbocycles. The molecule has 182 valence electrons. The molecule has 0 aliphatic carbocycles. The normalized spacial score (nSPS) is 14.9. The second-order valence-electron chi connectivity index (χ2n) is 8.70. The van der Waals surface area contributed by atoms with Crippen LogP contribution in [0.4, 0.5) is 9.18 Å². The van der Waals surface area contributed by atoms with Crippen molar-refractivity contribution >= 4 is 23.6 Å². The zero-order valence-electron chi connectivity index (χ0n) is 19.4. The van der Waals surface area contributed by atoms with Crippen molar-refractivity contribution in [2.45, 2.75) is 37.8 Å². The molecule has 0 aromatic heterocycles. The number of piperidine rings is 1. The average molecular weight is 495 g/mol. The number of aryl methyl sites for hydroxylation is 1. The summed E-state index contributed by atoms with van der Waals surface area (Å²) in [5.41, 5.74) is 1.82. The summed E-state index contributed by atoms with van der Waals surface area (Å²) in [6.45, 7) is 1.22. The number of carbonyl (C=O) groups excluding carboxylic acids is 2. The van der Waals surface area contributed by atoms with Crippen molar-refractivity contribution in [3.05, 3.63) is 106 Å². The summed E-state index contributed by atoms with van der Waals surface area (Å²) < 4.78 is 19.1. The van der Waals surface area contributed by atoms with Crippen LogP contribution >= 0.6 is 11.6 Å². The smallest absolute Gasteiger partial charge is 0.408 e. The minimum Gasteiger partial charge on any atom is -0.438 e. The fourth-order valence-electron chi connectivity index (χ4n) is 4.39.